The lowest BCUT2D eigenvalue weighted by atomic mass is 9.92. The molecule has 0 saturated heterocycles. The third kappa shape index (κ3) is 2.84. The normalized spacial score (nSPS) is 23.6. The Morgan fingerprint density at radius 1 is 1.50 bits per heavy atom. The van der Waals surface area contributed by atoms with E-state index >= 15 is 0 Å². The van der Waals surface area contributed by atoms with E-state index in [-0.39, 0.29) is 11.9 Å². The van der Waals surface area contributed by atoms with Crippen LogP contribution in [0.4, 0.5) is 4.39 Å². The van der Waals surface area contributed by atoms with E-state index in [1.807, 2.05) is 17.8 Å². The van der Waals surface area contributed by atoms with Gasteiger partial charge in [0.05, 0.1) is 5.02 Å². The van der Waals surface area contributed by atoms with Crippen LogP contribution in [0.15, 0.2) is 12.1 Å². The van der Waals surface area contributed by atoms with Crippen molar-refractivity contribution in [1.29, 1.82) is 0 Å². The first-order valence-electron chi connectivity index (χ1n) is 6.43. The number of hydrogen-bond acceptors (Lipinski definition) is 2. The SMILES string of the molecule is CCCNC1c2ccc(F)c(Cl)c2CSCC1C. The molecular weight excluding hydrogens is 269 g/mol. The van der Waals surface area contributed by atoms with Crippen molar-refractivity contribution in [2.45, 2.75) is 32.1 Å². The third-order valence-electron chi connectivity index (χ3n) is 3.38. The van der Waals surface area contributed by atoms with E-state index in [1.165, 1.54) is 11.6 Å². The highest BCUT2D eigenvalue weighted by atomic mass is 35.5. The quantitative estimate of drug-likeness (QED) is 0.884. The number of thioether (sulfide) groups is 1. The Hall–Kier alpha value is -0.250. The zero-order valence-corrected chi connectivity index (χ0v) is 12.4. The summed E-state index contributed by atoms with van der Waals surface area (Å²) in [6, 6.07) is 3.67. The first-order valence-corrected chi connectivity index (χ1v) is 7.96. The predicted octanol–water partition coefficient (Wildman–Crippen LogP) is 4.40. The molecule has 18 heavy (non-hydrogen) atoms. The third-order valence-corrected chi connectivity index (χ3v) is 5.04. The average molecular weight is 288 g/mol. The second-order valence-electron chi connectivity index (χ2n) is 4.85. The molecule has 100 valence electrons. The van der Waals surface area contributed by atoms with E-state index in [4.69, 9.17) is 11.6 Å². The van der Waals surface area contributed by atoms with Gasteiger partial charge in [0.25, 0.3) is 0 Å². The van der Waals surface area contributed by atoms with Crippen molar-refractivity contribution in [2.75, 3.05) is 12.3 Å². The van der Waals surface area contributed by atoms with Crippen molar-refractivity contribution in [2.24, 2.45) is 5.92 Å². The van der Waals surface area contributed by atoms with Crippen LogP contribution in [-0.4, -0.2) is 12.3 Å². The molecule has 0 aromatic heterocycles. The summed E-state index contributed by atoms with van der Waals surface area (Å²) in [5.41, 5.74) is 2.15. The van der Waals surface area contributed by atoms with E-state index in [0.29, 0.717) is 10.9 Å². The van der Waals surface area contributed by atoms with E-state index < -0.39 is 0 Å². The molecule has 1 aromatic carbocycles. The van der Waals surface area contributed by atoms with Gasteiger partial charge in [0.1, 0.15) is 5.82 Å². The van der Waals surface area contributed by atoms with Crippen LogP contribution in [0.25, 0.3) is 0 Å². The maximum Gasteiger partial charge on any atom is 0.142 e. The van der Waals surface area contributed by atoms with Gasteiger partial charge in [0, 0.05) is 11.8 Å². The van der Waals surface area contributed by atoms with Crippen LogP contribution in [0.3, 0.4) is 0 Å². The second kappa shape index (κ2) is 6.27. The minimum atomic E-state index is -0.306. The average Bonchev–Trinajstić information content (AvgIpc) is 2.51. The summed E-state index contributed by atoms with van der Waals surface area (Å²) >= 11 is 7.95. The van der Waals surface area contributed by atoms with Crippen LogP contribution in [0.5, 0.6) is 0 Å². The molecule has 1 nitrogen and oxygen atoms in total. The predicted molar refractivity (Wildman–Crippen MR) is 77.8 cm³/mol. The molecule has 0 fully saturated rings. The number of nitrogens with one attached hydrogen (secondary N) is 1. The number of rotatable bonds is 3. The topological polar surface area (TPSA) is 12.0 Å². The van der Waals surface area contributed by atoms with Crippen LogP contribution in [0.2, 0.25) is 5.02 Å². The number of benzene rings is 1. The number of halogens is 2. The Bertz CT molecular complexity index is 425. The minimum absolute atomic E-state index is 0.285. The molecule has 0 saturated carbocycles. The van der Waals surface area contributed by atoms with E-state index in [2.05, 4.69) is 19.2 Å². The lowest BCUT2D eigenvalue weighted by Crippen LogP contribution is -2.28. The summed E-state index contributed by atoms with van der Waals surface area (Å²) in [4.78, 5) is 0. The molecule has 1 aliphatic heterocycles. The van der Waals surface area contributed by atoms with Crippen molar-refractivity contribution < 1.29 is 4.39 Å². The molecule has 2 atom stereocenters. The Kier molecular flexibility index (Phi) is 4.93. The smallest absolute Gasteiger partial charge is 0.142 e. The van der Waals surface area contributed by atoms with Crippen LogP contribution in [0, 0.1) is 11.7 Å². The highest BCUT2D eigenvalue weighted by Gasteiger charge is 2.26. The summed E-state index contributed by atoms with van der Waals surface area (Å²) in [6.45, 7) is 5.38. The zero-order valence-electron chi connectivity index (χ0n) is 10.8. The lowest BCUT2D eigenvalue weighted by molar-refractivity contribution is 0.418. The van der Waals surface area contributed by atoms with Gasteiger partial charge in [-0.1, -0.05) is 31.5 Å². The molecule has 1 aromatic rings. The van der Waals surface area contributed by atoms with Gasteiger partial charge in [0.15, 0.2) is 0 Å². The van der Waals surface area contributed by atoms with Gasteiger partial charge in [0.2, 0.25) is 0 Å². The first kappa shape index (κ1) is 14.2. The largest absolute Gasteiger partial charge is 0.310 e. The van der Waals surface area contributed by atoms with Crippen LogP contribution in [0.1, 0.15) is 37.4 Å². The molecule has 1 aliphatic rings. The molecule has 1 N–H and O–H groups in total. The molecule has 0 radical (unpaired) electrons. The Labute approximate surface area is 117 Å². The number of hydrogen-bond donors (Lipinski definition) is 1. The maximum absolute atomic E-state index is 13.6. The monoisotopic (exact) mass is 287 g/mol. The summed E-state index contributed by atoms with van der Waals surface area (Å²) in [5, 5.41) is 3.87. The molecule has 0 spiro atoms. The highest BCUT2D eigenvalue weighted by molar-refractivity contribution is 7.98. The fourth-order valence-electron chi connectivity index (χ4n) is 2.41. The molecule has 0 amide bonds. The standard InChI is InChI=1S/C14H19ClFNS/c1-3-6-17-14-9(2)7-18-8-11-10(14)4-5-12(16)13(11)15/h4-5,9,14,17H,3,6-8H2,1-2H3. The van der Waals surface area contributed by atoms with E-state index in [1.54, 1.807) is 0 Å². The van der Waals surface area contributed by atoms with Crippen LogP contribution in [-0.2, 0) is 5.75 Å². The molecule has 4 heteroatoms. The van der Waals surface area contributed by atoms with Gasteiger partial charge in [-0.3, -0.25) is 0 Å². The fraction of sp³-hybridized carbons (Fsp3) is 0.571. The van der Waals surface area contributed by atoms with Crippen molar-refractivity contribution in [3.8, 4) is 0 Å². The van der Waals surface area contributed by atoms with E-state index in [0.717, 1.165) is 30.0 Å². The molecular formula is C14H19ClFNS. The van der Waals surface area contributed by atoms with Crippen molar-refractivity contribution >= 4 is 23.4 Å². The molecule has 0 aliphatic carbocycles. The summed E-state index contributed by atoms with van der Waals surface area (Å²) in [6.07, 6.45) is 1.10. The maximum atomic E-state index is 13.6. The van der Waals surface area contributed by atoms with Gasteiger partial charge in [-0.2, -0.15) is 11.8 Å². The Morgan fingerprint density at radius 2 is 2.28 bits per heavy atom. The van der Waals surface area contributed by atoms with Gasteiger partial charge < -0.3 is 5.32 Å². The summed E-state index contributed by atoms with van der Waals surface area (Å²) in [7, 11) is 0. The van der Waals surface area contributed by atoms with Gasteiger partial charge in [-0.25, -0.2) is 4.39 Å². The lowest BCUT2D eigenvalue weighted by Gasteiger charge is -2.25. The first-order chi connectivity index (χ1) is 8.65. The molecule has 2 unspecified atom stereocenters. The van der Waals surface area contributed by atoms with Crippen molar-refractivity contribution in [3.63, 3.8) is 0 Å². The Balaban J connectivity index is 2.39. The van der Waals surface area contributed by atoms with Gasteiger partial charge in [-0.15, -0.1) is 0 Å². The van der Waals surface area contributed by atoms with Crippen molar-refractivity contribution in [1.82, 2.24) is 5.32 Å². The van der Waals surface area contributed by atoms with E-state index in [9.17, 15) is 4.39 Å². The van der Waals surface area contributed by atoms with Gasteiger partial charge in [-0.05, 0) is 41.8 Å². The minimum Gasteiger partial charge on any atom is -0.310 e. The fourth-order valence-corrected chi connectivity index (χ4v) is 3.92. The van der Waals surface area contributed by atoms with Crippen LogP contribution >= 0.6 is 23.4 Å². The summed E-state index contributed by atoms with van der Waals surface area (Å²) in [5.74, 6) is 2.11. The highest BCUT2D eigenvalue weighted by Crippen LogP contribution is 2.38. The Morgan fingerprint density at radius 3 is 3.00 bits per heavy atom. The molecule has 2 rings (SSSR count). The number of fused-ring (bicyclic) bond motifs is 1. The summed E-state index contributed by atoms with van der Waals surface area (Å²) < 4.78 is 13.6. The van der Waals surface area contributed by atoms with Gasteiger partial charge >= 0.3 is 0 Å². The van der Waals surface area contributed by atoms with Crippen molar-refractivity contribution in [3.05, 3.63) is 34.1 Å². The molecule has 1 heterocycles. The van der Waals surface area contributed by atoms with Crippen LogP contribution < -0.4 is 5.32 Å². The second-order valence-corrected chi connectivity index (χ2v) is 6.26. The molecule has 0 bridgehead atoms. The zero-order chi connectivity index (χ0) is 13.1.